The van der Waals surface area contributed by atoms with Gasteiger partial charge in [0.2, 0.25) is 0 Å². The number of para-hydroxylation sites is 1. The molecule has 0 aliphatic carbocycles. The van der Waals surface area contributed by atoms with Gasteiger partial charge in [-0.1, -0.05) is 29.8 Å². The number of hydrogen-bond acceptors (Lipinski definition) is 4. The predicted octanol–water partition coefficient (Wildman–Crippen LogP) is 2.52. The Morgan fingerprint density at radius 1 is 1.19 bits per heavy atom. The minimum atomic E-state index is -4.16. The molecular formula is C14H12ClNO4S. The molecule has 0 saturated heterocycles. The van der Waals surface area contributed by atoms with Gasteiger partial charge in [0.1, 0.15) is 4.90 Å². The van der Waals surface area contributed by atoms with Crippen LogP contribution in [0.25, 0.3) is 0 Å². The number of amides is 1. The molecule has 2 aromatic carbocycles. The minimum absolute atomic E-state index is 0.0238. The SMILES string of the molecule is Cc1ccc(S(=O)(=O)Oc2ccccc2C(N)=O)c(Cl)c1. The molecule has 5 nitrogen and oxygen atoms in total. The molecule has 2 aromatic rings. The molecule has 2 rings (SSSR count). The maximum Gasteiger partial charge on any atom is 0.340 e. The van der Waals surface area contributed by atoms with Crippen molar-refractivity contribution < 1.29 is 17.4 Å². The molecule has 0 aliphatic heterocycles. The number of primary amides is 1. The zero-order chi connectivity index (χ0) is 15.6. The lowest BCUT2D eigenvalue weighted by molar-refractivity contribution is 0.0999. The van der Waals surface area contributed by atoms with E-state index in [1.807, 2.05) is 0 Å². The molecule has 0 heterocycles. The molecule has 0 fully saturated rings. The molecule has 0 atom stereocenters. The van der Waals surface area contributed by atoms with Crippen molar-refractivity contribution in [2.75, 3.05) is 0 Å². The van der Waals surface area contributed by atoms with E-state index in [2.05, 4.69) is 0 Å². The van der Waals surface area contributed by atoms with Crippen molar-refractivity contribution in [2.45, 2.75) is 11.8 Å². The maximum absolute atomic E-state index is 12.2. The number of rotatable bonds is 4. The molecule has 7 heteroatoms. The molecule has 21 heavy (non-hydrogen) atoms. The quantitative estimate of drug-likeness (QED) is 0.875. The smallest absolute Gasteiger partial charge is 0.340 e. The molecule has 0 bridgehead atoms. The van der Waals surface area contributed by atoms with Gasteiger partial charge in [0.05, 0.1) is 10.6 Å². The van der Waals surface area contributed by atoms with Gasteiger partial charge in [-0.05, 0) is 36.8 Å². The monoisotopic (exact) mass is 325 g/mol. The first-order valence-electron chi connectivity index (χ1n) is 5.91. The second-order valence-corrected chi connectivity index (χ2v) is 6.25. The van der Waals surface area contributed by atoms with E-state index >= 15 is 0 Å². The van der Waals surface area contributed by atoms with Crippen LogP contribution in [0, 0.1) is 6.92 Å². The normalized spacial score (nSPS) is 11.1. The molecule has 0 radical (unpaired) electrons. The molecule has 0 spiro atoms. The van der Waals surface area contributed by atoms with Gasteiger partial charge in [-0.25, -0.2) is 0 Å². The first-order valence-corrected chi connectivity index (χ1v) is 7.69. The van der Waals surface area contributed by atoms with E-state index in [-0.39, 0.29) is 21.2 Å². The Morgan fingerprint density at radius 2 is 1.86 bits per heavy atom. The number of carbonyl (C=O) groups excluding carboxylic acids is 1. The number of benzene rings is 2. The lowest BCUT2D eigenvalue weighted by Crippen LogP contribution is -2.16. The third kappa shape index (κ3) is 3.34. The molecule has 1 amide bonds. The van der Waals surface area contributed by atoms with E-state index in [4.69, 9.17) is 21.5 Å². The molecule has 0 unspecified atom stereocenters. The summed E-state index contributed by atoms with van der Waals surface area (Å²) in [7, 11) is -4.16. The Labute approximate surface area is 127 Å². The Morgan fingerprint density at radius 3 is 2.48 bits per heavy atom. The number of nitrogens with two attached hydrogens (primary N) is 1. The summed E-state index contributed by atoms with van der Waals surface area (Å²) in [6, 6.07) is 10.3. The highest BCUT2D eigenvalue weighted by molar-refractivity contribution is 7.87. The average molecular weight is 326 g/mol. The standard InChI is InChI=1S/C14H12ClNO4S/c1-9-6-7-13(11(15)8-9)21(18,19)20-12-5-3-2-4-10(12)14(16)17/h2-8H,1H3,(H2,16,17). The topological polar surface area (TPSA) is 86.5 Å². The van der Waals surface area contributed by atoms with Gasteiger partial charge in [-0.15, -0.1) is 0 Å². The predicted molar refractivity (Wildman–Crippen MR) is 79.0 cm³/mol. The van der Waals surface area contributed by atoms with E-state index in [9.17, 15) is 13.2 Å². The Hall–Kier alpha value is -2.05. The second kappa shape index (κ2) is 5.75. The van der Waals surface area contributed by atoms with Crippen molar-refractivity contribution in [1.82, 2.24) is 0 Å². The Bertz CT molecular complexity index is 802. The summed E-state index contributed by atoms with van der Waals surface area (Å²) in [6.07, 6.45) is 0. The zero-order valence-corrected chi connectivity index (χ0v) is 12.6. The molecule has 110 valence electrons. The van der Waals surface area contributed by atoms with E-state index in [1.54, 1.807) is 19.1 Å². The van der Waals surface area contributed by atoms with Crippen LogP contribution >= 0.6 is 11.6 Å². The average Bonchev–Trinajstić information content (AvgIpc) is 2.37. The molecule has 2 N–H and O–H groups in total. The van der Waals surface area contributed by atoms with Gasteiger partial charge in [-0.3, -0.25) is 4.79 Å². The second-order valence-electron chi connectivity index (χ2n) is 4.33. The summed E-state index contributed by atoms with van der Waals surface area (Å²) in [4.78, 5) is 11.1. The third-order valence-corrected chi connectivity index (χ3v) is 4.43. The van der Waals surface area contributed by atoms with Crippen molar-refractivity contribution in [1.29, 1.82) is 0 Å². The largest absolute Gasteiger partial charge is 0.378 e. The highest BCUT2D eigenvalue weighted by Crippen LogP contribution is 2.27. The molecule has 0 saturated carbocycles. The first kappa shape index (κ1) is 15.3. The van der Waals surface area contributed by atoms with Gasteiger partial charge in [-0.2, -0.15) is 8.42 Å². The molecular weight excluding hydrogens is 314 g/mol. The van der Waals surface area contributed by atoms with E-state index < -0.39 is 16.0 Å². The van der Waals surface area contributed by atoms with Gasteiger partial charge < -0.3 is 9.92 Å². The summed E-state index contributed by atoms with van der Waals surface area (Å²) < 4.78 is 29.5. The van der Waals surface area contributed by atoms with Gasteiger partial charge in [0, 0.05) is 0 Å². The molecule has 0 aromatic heterocycles. The van der Waals surface area contributed by atoms with Crippen molar-refractivity contribution >= 4 is 27.6 Å². The van der Waals surface area contributed by atoms with Crippen molar-refractivity contribution in [2.24, 2.45) is 5.73 Å². The minimum Gasteiger partial charge on any atom is -0.378 e. The van der Waals surface area contributed by atoms with Crippen molar-refractivity contribution in [3.8, 4) is 5.75 Å². The van der Waals surface area contributed by atoms with Crippen LogP contribution in [0.2, 0.25) is 5.02 Å². The fourth-order valence-corrected chi connectivity index (χ4v) is 3.24. The van der Waals surface area contributed by atoms with Gasteiger partial charge >= 0.3 is 10.1 Å². The van der Waals surface area contributed by atoms with E-state index in [1.165, 1.54) is 30.3 Å². The highest BCUT2D eigenvalue weighted by atomic mass is 35.5. The van der Waals surface area contributed by atoms with Crippen LogP contribution in [-0.4, -0.2) is 14.3 Å². The van der Waals surface area contributed by atoms with E-state index in [0.717, 1.165) is 5.56 Å². The lowest BCUT2D eigenvalue weighted by atomic mass is 10.2. The van der Waals surface area contributed by atoms with Crippen LogP contribution in [0.5, 0.6) is 5.75 Å². The van der Waals surface area contributed by atoms with Crippen LogP contribution in [0.3, 0.4) is 0 Å². The number of aryl methyl sites for hydroxylation is 1. The van der Waals surface area contributed by atoms with Gasteiger partial charge in [0.25, 0.3) is 5.91 Å². The highest BCUT2D eigenvalue weighted by Gasteiger charge is 2.22. The van der Waals surface area contributed by atoms with Crippen molar-refractivity contribution in [3.63, 3.8) is 0 Å². The third-order valence-electron chi connectivity index (χ3n) is 2.71. The van der Waals surface area contributed by atoms with Gasteiger partial charge in [0.15, 0.2) is 5.75 Å². The van der Waals surface area contributed by atoms with Crippen LogP contribution in [-0.2, 0) is 10.1 Å². The Kier molecular flexibility index (Phi) is 4.20. The van der Waals surface area contributed by atoms with Crippen LogP contribution in [0.4, 0.5) is 0 Å². The number of hydrogen-bond donors (Lipinski definition) is 1. The maximum atomic E-state index is 12.2. The summed E-state index contributed by atoms with van der Waals surface area (Å²) in [5.41, 5.74) is 5.97. The summed E-state index contributed by atoms with van der Waals surface area (Å²) in [5.74, 6) is -0.919. The first-order chi connectivity index (χ1) is 9.81. The fraction of sp³-hybridized carbons (Fsp3) is 0.0714. The zero-order valence-electron chi connectivity index (χ0n) is 11.0. The number of halogens is 1. The summed E-state index contributed by atoms with van der Waals surface area (Å²) in [6.45, 7) is 1.78. The number of carbonyl (C=O) groups is 1. The fourth-order valence-electron chi connectivity index (χ4n) is 1.71. The van der Waals surface area contributed by atoms with Crippen LogP contribution in [0.1, 0.15) is 15.9 Å². The molecule has 0 aliphatic rings. The van der Waals surface area contributed by atoms with Crippen molar-refractivity contribution in [3.05, 3.63) is 58.6 Å². The van der Waals surface area contributed by atoms with Crippen LogP contribution < -0.4 is 9.92 Å². The van der Waals surface area contributed by atoms with Crippen LogP contribution in [0.15, 0.2) is 47.4 Å². The summed E-state index contributed by atoms with van der Waals surface area (Å²) >= 11 is 5.93. The lowest BCUT2D eigenvalue weighted by Gasteiger charge is -2.11. The summed E-state index contributed by atoms with van der Waals surface area (Å²) in [5, 5.41) is 0.0477. The van der Waals surface area contributed by atoms with E-state index in [0.29, 0.717) is 0 Å². The Balaban J connectivity index is 2.45.